The minimum Gasteiger partial charge on any atom is -0.291 e. The highest BCUT2D eigenvalue weighted by Crippen LogP contribution is 2.24. The Hall–Kier alpha value is -1.30. The number of carbonyl (C=O) groups excluding carboxylic acids is 1. The van der Waals surface area contributed by atoms with Crippen molar-refractivity contribution in [3.8, 4) is 0 Å². The summed E-state index contributed by atoms with van der Waals surface area (Å²) in [5, 5.41) is 1.26. The van der Waals surface area contributed by atoms with E-state index in [-0.39, 0.29) is 12.2 Å². The number of rotatable bonds is 3. The van der Waals surface area contributed by atoms with E-state index in [9.17, 15) is 4.79 Å². The van der Waals surface area contributed by atoms with E-state index in [1.54, 1.807) is 6.20 Å². The molecule has 0 amide bonds. The Balaban J connectivity index is 1.87. The molecule has 0 radical (unpaired) electrons. The molecule has 0 N–H and O–H groups in total. The number of hydrogen-bond acceptors (Lipinski definition) is 5. The van der Waals surface area contributed by atoms with Crippen LogP contribution in [-0.2, 0) is 6.42 Å². The third kappa shape index (κ3) is 2.29. The molecule has 90 valence electrons. The molecule has 6 heteroatoms. The second kappa shape index (κ2) is 4.76. The summed E-state index contributed by atoms with van der Waals surface area (Å²) in [7, 11) is 0. The first-order chi connectivity index (χ1) is 8.72. The van der Waals surface area contributed by atoms with Crippen molar-refractivity contribution in [1.29, 1.82) is 0 Å². The maximum absolute atomic E-state index is 12.1. The van der Waals surface area contributed by atoms with Crippen LogP contribution in [0.15, 0.2) is 30.5 Å². The standard InChI is InChI=1S/C12H7ClN2OS2/c13-10-6-14-11(18-10)5-8(16)12-15-7-3-1-2-4-9(7)17-12/h1-4,6H,5H2. The van der Waals surface area contributed by atoms with Crippen LogP contribution in [-0.4, -0.2) is 15.8 Å². The van der Waals surface area contributed by atoms with Gasteiger partial charge in [-0.15, -0.1) is 22.7 Å². The summed E-state index contributed by atoms with van der Waals surface area (Å²) < 4.78 is 1.63. The highest BCUT2D eigenvalue weighted by molar-refractivity contribution is 7.20. The predicted octanol–water partition coefficient (Wildman–Crippen LogP) is 3.83. The summed E-state index contributed by atoms with van der Waals surface area (Å²) >= 11 is 8.53. The Bertz CT molecular complexity index is 687. The molecular weight excluding hydrogens is 288 g/mol. The first-order valence-electron chi connectivity index (χ1n) is 5.21. The number of para-hydroxylation sites is 1. The fourth-order valence-electron chi connectivity index (χ4n) is 1.57. The Morgan fingerprint density at radius 2 is 2.11 bits per heavy atom. The Morgan fingerprint density at radius 3 is 2.83 bits per heavy atom. The van der Waals surface area contributed by atoms with Crippen molar-refractivity contribution < 1.29 is 4.79 Å². The van der Waals surface area contributed by atoms with Crippen LogP contribution in [0, 0.1) is 0 Å². The van der Waals surface area contributed by atoms with E-state index in [4.69, 9.17) is 11.6 Å². The fourth-order valence-corrected chi connectivity index (χ4v) is 3.43. The van der Waals surface area contributed by atoms with Gasteiger partial charge in [0, 0.05) is 0 Å². The molecule has 0 bridgehead atoms. The van der Waals surface area contributed by atoms with Crippen LogP contribution < -0.4 is 0 Å². The van der Waals surface area contributed by atoms with E-state index in [1.165, 1.54) is 22.7 Å². The van der Waals surface area contributed by atoms with Gasteiger partial charge in [0.15, 0.2) is 10.8 Å². The summed E-state index contributed by atoms with van der Waals surface area (Å²) in [5.41, 5.74) is 0.864. The Kier molecular flexibility index (Phi) is 3.11. The third-order valence-electron chi connectivity index (χ3n) is 2.37. The zero-order chi connectivity index (χ0) is 12.5. The molecular formula is C12H7ClN2OS2. The van der Waals surface area contributed by atoms with Gasteiger partial charge in [0.25, 0.3) is 0 Å². The molecule has 3 rings (SSSR count). The minimum absolute atomic E-state index is 0.0118. The van der Waals surface area contributed by atoms with Crippen LogP contribution in [0.25, 0.3) is 10.2 Å². The van der Waals surface area contributed by atoms with Crippen LogP contribution in [0.3, 0.4) is 0 Å². The van der Waals surface area contributed by atoms with Gasteiger partial charge in [-0.2, -0.15) is 0 Å². The average Bonchev–Trinajstić information content (AvgIpc) is 2.95. The van der Waals surface area contributed by atoms with E-state index in [0.29, 0.717) is 9.34 Å². The second-order valence-corrected chi connectivity index (χ2v) is 6.42. The molecule has 1 aromatic carbocycles. The van der Waals surface area contributed by atoms with Crippen molar-refractivity contribution in [2.75, 3.05) is 0 Å². The highest BCUT2D eigenvalue weighted by atomic mass is 35.5. The monoisotopic (exact) mass is 294 g/mol. The smallest absolute Gasteiger partial charge is 0.198 e. The van der Waals surface area contributed by atoms with Crippen molar-refractivity contribution in [3.05, 3.63) is 44.8 Å². The number of hydrogen-bond donors (Lipinski definition) is 0. The van der Waals surface area contributed by atoms with Crippen molar-refractivity contribution in [2.24, 2.45) is 0 Å². The maximum Gasteiger partial charge on any atom is 0.198 e. The molecule has 0 atom stereocenters. The normalized spacial score (nSPS) is 10.9. The van der Waals surface area contributed by atoms with Crippen molar-refractivity contribution in [2.45, 2.75) is 6.42 Å². The van der Waals surface area contributed by atoms with E-state index in [1.807, 2.05) is 24.3 Å². The lowest BCUT2D eigenvalue weighted by Crippen LogP contribution is -2.02. The number of halogens is 1. The molecule has 0 fully saturated rings. The molecule has 2 aromatic heterocycles. The molecule has 3 nitrogen and oxygen atoms in total. The van der Waals surface area contributed by atoms with Gasteiger partial charge < -0.3 is 0 Å². The molecule has 3 aromatic rings. The van der Waals surface area contributed by atoms with Crippen molar-refractivity contribution >= 4 is 50.3 Å². The molecule has 0 saturated heterocycles. The Labute approximate surface area is 116 Å². The highest BCUT2D eigenvalue weighted by Gasteiger charge is 2.14. The number of carbonyl (C=O) groups is 1. The first kappa shape index (κ1) is 11.8. The molecule has 0 aliphatic rings. The minimum atomic E-state index is -0.0118. The molecule has 0 aliphatic heterocycles. The lowest BCUT2D eigenvalue weighted by molar-refractivity contribution is 0.0993. The number of fused-ring (bicyclic) bond motifs is 1. The van der Waals surface area contributed by atoms with Gasteiger partial charge in [0.2, 0.25) is 0 Å². The molecule has 0 saturated carbocycles. The fraction of sp³-hybridized carbons (Fsp3) is 0.0833. The summed E-state index contributed by atoms with van der Waals surface area (Å²) in [6, 6.07) is 7.72. The third-order valence-corrected chi connectivity index (χ3v) is 4.56. The zero-order valence-electron chi connectivity index (χ0n) is 9.09. The second-order valence-electron chi connectivity index (χ2n) is 3.64. The average molecular weight is 295 g/mol. The van der Waals surface area contributed by atoms with Crippen LogP contribution in [0.1, 0.15) is 14.8 Å². The number of aromatic nitrogens is 2. The van der Waals surface area contributed by atoms with Crippen LogP contribution >= 0.6 is 34.3 Å². The largest absolute Gasteiger partial charge is 0.291 e. The maximum atomic E-state index is 12.1. The Morgan fingerprint density at radius 1 is 1.28 bits per heavy atom. The van der Waals surface area contributed by atoms with Crippen LogP contribution in [0.5, 0.6) is 0 Å². The molecule has 0 spiro atoms. The quantitative estimate of drug-likeness (QED) is 0.690. The van der Waals surface area contributed by atoms with Gasteiger partial charge in [-0.25, -0.2) is 9.97 Å². The van der Waals surface area contributed by atoms with Crippen molar-refractivity contribution in [1.82, 2.24) is 9.97 Å². The number of nitrogens with zero attached hydrogens (tertiary/aromatic N) is 2. The number of Topliss-reactive ketones (excluding diaryl/α,β-unsaturated/α-hetero) is 1. The lowest BCUT2D eigenvalue weighted by atomic mass is 10.3. The SMILES string of the molecule is O=C(Cc1ncc(Cl)s1)c1nc2ccccc2s1. The summed E-state index contributed by atoms with van der Waals surface area (Å²) in [6.07, 6.45) is 1.82. The topological polar surface area (TPSA) is 42.9 Å². The molecule has 18 heavy (non-hydrogen) atoms. The van der Waals surface area contributed by atoms with Gasteiger partial charge in [0.05, 0.1) is 22.8 Å². The number of benzene rings is 1. The van der Waals surface area contributed by atoms with Crippen LogP contribution in [0.2, 0.25) is 4.34 Å². The predicted molar refractivity (Wildman–Crippen MR) is 74.8 cm³/mol. The van der Waals surface area contributed by atoms with Gasteiger partial charge in [-0.05, 0) is 12.1 Å². The van der Waals surface area contributed by atoms with Crippen LogP contribution in [0.4, 0.5) is 0 Å². The summed E-state index contributed by atoms with van der Waals surface area (Å²) in [6.45, 7) is 0. The number of thiazole rings is 2. The molecule has 0 unspecified atom stereocenters. The van der Waals surface area contributed by atoms with E-state index in [2.05, 4.69) is 9.97 Å². The van der Waals surface area contributed by atoms with E-state index < -0.39 is 0 Å². The van der Waals surface area contributed by atoms with Crippen molar-refractivity contribution in [3.63, 3.8) is 0 Å². The van der Waals surface area contributed by atoms with Gasteiger partial charge in [-0.1, -0.05) is 23.7 Å². The van der Waals surface area contributed by atoms with E-state index >= 15 is 0 Å². The lowest BCUT2D eigenvalue weighted by Gasteiger charge is -1.91. The van der Waals surface area contributed by atoms with E-state index in [0.717, 1.165) is 15.2 Å². The molecule has 2 heterocycles. The first-order valence-corrected chi connectivity index (χ1v) is 7.22. The van der Waals surface area contributed by atoms with Gasteiger partial charge in [-0.3, -0.25) is 4.79 Å². The molecule has 0 aliphatic carbocycles. The summed E-state index contributed by atoms with van der Waals surface area (Å²) in [4.78, 5) is 20.5. The summed E-state index contributed by atoms with van der Waals surface area (Å²) in [5.74, 6) is -0.0118. The number of ketones is 1. The zero-order valence-corrected chi connectivity index (χ0v) is 11.5. The van der Waals surface area contributed by atoms with Gasteiger partial charge >= 0.3 is 0 Å². The van der Waals surface area contributed by atoms with Gasteiger partial charge in [0.1, 0.15) is 9.34 Å².